The molecule has 1 aromatic carbocycles. The number of H-pyrrole nitrogens is 1. The van der Waals surface area contributed by atoms with Crippen LogP contribution in [0.4, 0.5) is 0 Å². The van der Waals surface area contributed by atoms with Crippen molar-refractivity contribution in [2.75, 3.05) is 13.1 Å². The Hall–Kier alpha value is -1.26. The fourth-order valence-corrected chi connectivity index (χ4v) is 3.28. The van der Waals surface area contributed by atoms with E-state index in [2.05, 4.69) is 9.97 Å². The highest BCUT2D eigenvalue weighted by atomic mass is 35.5. The summed E-state index contributed by atoms with van der Waals surface area (Å²) < 4.78 is 0. The van der Waals surface area contributed by atoms with E-state index in [1.54, 1.807) is 6.07 Å². The van der Waals surface area contributed by atoms with Crippen molar-refractivity contribution < 1.29 is 4.79 Å². The Balaban J connectivity index is 1.75. The van der Waals surface area contributed by atoms with Crippen LogP contribution in [0.25, 0.3) is 11.0 Å². The second kappa shape index (κ2) is 6.09. The van der Waals surface area contributed by atoms with Gasteiger partial charge in [0, 0.05) is 24.9 Å². The van der Waals surface area contributed by atoms with Gasteiger partial charge in [0.05, 0.1) is 21.1 Å². The van der Waals surface area contributed by atoms with Crippen LogP contribution in [-0.4, -0.2) is 33.9 Å². The van der Waals surface area contributed by atoms with E-state index in [0.717, 1.165) is 42.8 Å². The molecule has 0 radical (unpaired) electrons. The molecule has 0 unspecified atom stereocenters. The molecule has 0 bridgehead atoms. The summed E-state index contributed by atoms with van der Waals surface area (Å²) in [6.45, 7) is 5.47. The molecule has 1 N–H and O–H groups in total. The van der Waals surface area contributed by atoms with Gasteiger partial charge in [-0.25, -0.2) is 4.98 Å². The molecule has 4 nitrogen and oxygen atoms in total. The van der Waals surface area contributed by atoms with Gasteiger partial charge >= 0.3 is 0 Å². The van der Waals surface area contributed by atoms with Crippen LogP contribution in [0.2, 0.25) is 10.0 Å². The number of carbonyl (C=O) groups excluding carboxylic acids is 1. The number of piperidine rings is 1. The van der Waals surface area contributed by atoms with E-state index in [-0.39, 0.29) is 11.8 Å². The van der Waals surface area contributed by atoms with Crippen molar-refractivity contribution in [1.82, 2.24) is 14.9 Å². The van der Waals surface area contributed by atoms with Crippen LogP contribution in [0.15, 0.2) is 12.1 Å². The van der Waals surface area contributed by atoms with Crippen molar-refractivity contribution in [3.05, 3.63) is 28.0 Å². The highest BCUT2D eigenvalue weighted by molar-refractivity contribution is 6.42. The third kappa shape index (κ3) is 2.95. The first-order chi connectivity index (χ1) is 10.5. The standard InChI is InChI=1S/C16H19Cl2N3O/c1-9(2)16(22)21-5-3-10(4-6-21)15-19-13-7-11(17)12(18)8-14(13)20-15/h7-10H,3-6H2,1-2H3,(H,19,20). The van der Waals surface area contributed by atoms with Crippen LogP contribution in [0, 0.1) is 5.92 Å². The molecule has 1 saturated heterocycles. The van der Waals surface area contributed by atoms with E-state index in [1.165, 1.54) is 0 Å². The fraction of sp³-hybridized carbons (Fsp3) is 0.500. The summed E-state index contributed by atoms with van der Waals surface area (Å²) in [7, 11) is 0. The summed E-state index contributed by atoms with van der Waals surface area (Å²) in [5.41, 5.74) is 1.75. The van der Waals surface area contributed by atoms with Gasteiger partial charge in [-0.1, -0.05) is 37.0 Å². The van der Waals surface area contributed by atoms with Gasteiger partial charge in [0.15, 0.2) is 0 Å². The summed E-state index contributed by atoms with van der Waals surface area (Å²) in [4.78, 5) is 22.0. The number of imidazole rings is 1. The van der Waals surface area contributed by atoms with Crippen molar-refractivity contribution in [2.45, 2.75) is 32.6 Å². The fourth-order valence-electron chi connectivity index (χ4n) is 2.96. The summed E-state index contributed by atoms with van der Waals surface area (Å²) in [6.07, 6.45) is 1.86. The van der Waals surface area contributed by atoms with Crippen molar-refractivity contribution in [3.8, 4) is 0 Å². The molecule has 1 aliphatic rings. The maximum atomic E-state index is 12.0. The number of aromatic nitrogens is 2. The van der Waals surface area contributed by atoms with Gasteiger partial charge in [0.25, 0.3) is 0 Å². The smallest absolute Gasteiger partial charge is 0.225 e. The molecule has 0 atom stereocenters. The first-order valence-corrected chi connectivity index (χ1v) is 8.34. The maximum absolute atomic E-state index is 12.0. The van der Waals surface area contributed by atoms with E-state index in [0.29, 0.717) is 16.0 Å². The number of hydrogen-bond donors (Lipinski definition) is 1. The van der Waals surface area contributed by atoms with Crippen LogP contribution in [0.3, 0.4) is 0 Å². The van der Waals surface area contributed by atoms with Gasteiger partial charge in [0.1, 0.15) is 5.82 Å². The largest absolute Gasteiger partial charge is 0.342 e. The zero-order chi connectivity index (χ0) is 15.9. The number of nitrogens with one attached hydrogen (secondary N) is 1. The highest BCUT2D eigenvalue weighted by Crippen LogP contribution is 2.31. The minimum Gasteiger partial charge on any atom is -0.342 e. The SMILES string of the molecule is CC(C)C(=O)N1CCC(c2nc3cc(Cl)c(Cl)cc3[nH]2)CC1. The number of amides is 1. The van der Waals surface area contributed by atoms with Gasteiger partial charge in [0.2, 0.25) is 5.91 Å². The molecule has 1 fully saturated rings. The van der Waals surface area contributed by atoms with E-state index in [9.17, 15) is 4.79 Å². The monoisotopic (exact) mass is 339 g/mol. The molecule has 1 aromatic heterocycles. The number of fused-ring (bicyclic) bond motifs is 1. The minimum atomic E-state index is 0.0621. The summed E-state index contributed by atoms with van der Waals surface area (Å²) in [5.74, 6) is 1.61. The van der Waals surface area contributed by atoms with E-state index in [1.807, 2.05) is 24.8 Å². The molecule has 3 rings (SSSR count). The molecule has 1 aliphatic heterocycles. The molecular formula is C16H19Cl2N3O. The van der Waals surface area contributed by atoms with Gasteiger partial charge in [-0.3, -0.25) is 4.79 Å². The number of benzene rings is 1. The van der Waals surface area contributed by atoms with E-state index in [4.69, 9.17) is 23.2 Å². The zero-order valence-electron chi connectivity index (χ0n) is 12.7. The quantitative estimate of drug-likeness (QED) is 0.889. The third-order valence-corrected chi connectivity index (χ3v) is 4.95. The minimum absolute atomic E-state index is 0.0621. The number of nitrogens with zero attached hydrogens (tertiary/aromatic N) is 2. The lowest BCUT2D eigenvalue weighted by Crippen LogP contribution is -2.40. The lowest BCUT2D eigenvalue weighted by Gasteiger charge is -2.32. The van der Waals surface area contributed by atoms with Gasteiger partial charge in [-0.2, -0.15) is 0 Å². The lowest BCUT2D eigenvalue weighted by molar-refractivity contribution is -0.135. The molecule has 6 heteroatoms. The molecule has 118 valence electrons. The van der Waals surface area contributed by atoms with Gasteiger partial charge in [-0.15, -0.1) is 0 Å². The predicted octanol–water partition coefficient (Wildman–Crippen LogP) is 4.23. The normalized spacial score (nSPS) is 16.7. The average molecular weight is 340 g/mol. The van der Waals surface area contributed by atoms with Gasteiger partial charge < -0.3 is 9.88 Å². The molecule has 0 spiro atoms. The average Bonchev–Trinajstić information content (AvgIpc) is 2.90. The molecule has 1 amide bonds. The van der Waals surface area contributed by atoms with Crippen LogP contribution in [0.5, 0.6) is 0 Å². The number of rotatable bonds is 2. The summed E-state index contributed by atoms with van der Waals surface area (Å²) in [5, 5.41) is 1.05. The van der Waals surface area contributed by atoms with E-state index < -0.39 is 0 Å². The van der Waals surface area contributed by atoms with Crippen molar-refractivity contribution in [2.24, 2.45) is 5.92 Å². The van der Waals surface area contributed by atoms with Crippen molar-refractivity contribution >= 4 is 40.1 Å². The maximum Gasteiger partial charge on any atom is 0.225 e. The number of likely N-dealkylation sites (tertiary alicyclic amines) is 1. The molecule has 0 saturated carbocycles. The Kier molecular flexibility index (Phi) is 4.33. The number of carbonyl (C=O) groups is 1. The third-order valence-electron chi connectivity index (χ3n) is 4.23. The summed E-state index contributed by atoms with van der Waals surface area (Å²) in [6, 6.07) is 3.60. The predicted molar refractivity (Wildman–Crippen MR) is 89.5 cm³/mol. The Morgan fingerprint density at radius 3 is 2.55 bits per heavy atom. The van der Waals surface area contributed by atoms with Gasteiger partial charge in [-0.05, 0) is 25.0 Å². The number of halogens is 2. The second-order valence-corrected chi connectivity index (χ2v) is 6.97. The number of aromatic amines is 1. The Morgan fingerprint density at radius 2 is 1.91 bits per heavy atom. The Morgan fingerprint density at radius 1 is 1.27 bits per heavy atom. The van der Waals surface area contributed by atoms with Crippen LogP contribution in [0.1, 0.15) is 38.4 Å². The molecule has 2 heterocycles. The zero-order valence-corrected chi connectivity index (χ0v) is 14.2. The molecular weight excluding hydrogens is 321 g/mol. The lowest BCUT2D eigenvalue weighted by atomic mass is 9.95. The van der Waals surface area contributed by atoms with Crippen molar-refractivity contribution in [1.29, 1.82) is 0 Å². The Labute approximate surface area is 139 Å². The van der Waals surface area contributed by atoms with Crippen LogP contribution < -0.4 is 0 Å². The first kappa shape index (κ1) is 15.6. The second-order valence-electron chi connectivity index (χ2n) is 6.16. The topological polar surface area (TPSA) is 49.0 Å². The van der Waals surface area contributed by atoms with Crippen LogP contribution in [-0.2, 0) is 4.79 Å². The highest BCUT2D eigenvalue weighted by Gasteiger charge is 2.26. The van der Waals surface area contributed by atoms with Crippen LogP contribution >= 0.6 is 23.2 Å². The van der Waals surface area contributed by atoms with Crippen molar-refractivity contribution in [3.63, 3.8) is 0 Å². The molecule has 22 heavy (non-hydrogen) atoms. The molecule has 0 aliphatic carbocycles. The Bertz CT molecular complexity index is 664. The summed E-state index contributed by atoms with van der Waals surface area (Å²) >= 11 is 12.1. The van der Waals surface area contributed by atoms with E-state index >= 15 is 0 Å². The molecule has 2 aromatic rings. The first-order valence-electron chi connectivity index (χ1n) is 7.59. The number of hydrogen-bond acceptors (Lipinski definition) is 2.